The molecule has 3 N–H and O–H groups in total. The predicted octanol–water partition coefficient (Wildman–Crippen LogP) is 3.66. The van der Waals surface area contributed by atoms with E-state index in [0.29, 0.717) is 5.02 Å². The summed E-state index contributed by atoms with van der Waals surface area (Å²) in [6.45, 7) is 0. The van der Waals surface area contributed by atoms with Crippen LogP contribution in [0.2, 0.25) is 5.02 Å². The molecule has 2 rings (SSSR count). The van der Waals surface area contributed by atoms with Gasteiger partial charge in [-0.1, -0.05) is 45.7 Å². The Morgan fingerprint density at radius 3 is 2.55 bits per heavy atom. The number of thiocarbonyl (C=S) groups is 1. The van der Waals surface area contributed by atoms with E-state index in [4.69, 9.17) is 23.8 Å². The van der Waals surface area contributed by atoms with Crippen molar-refractivity contribution < 1.29 is 4.79 Å². The molecule has 7 heteroatoms. The molecule has 114 valence electrons. The molecule has 0 aliphatic carbocycles. The van der Waals surface area contributed by atoms with Crippen LogP contribution in [-0.4, -0.2) is 11.0 Å². The molecule has 1 amide bonds. The van der Waals surface area contributed by atoms with Crippen LogP contribution < -0.4 is 16.2 Å². The minimum Gasteiger partial charge on any atom is -0.331 e. The van der Waals surface area contributed by atoms with Crippen LogP contribution in [0.5, 0.6) is 0 Å². The third kappa shape index (κ3) is 5.63. The Kier molecular flexibility index (Phi) is 6.18. The molecule has 0 saturated carbocycles. The third-order valence-corrected chi connectivity index (χ3v) is 3.64. The van der Waals surface area contributed by atoms with Gasteiger partial charge in [0, 0.05) is 15.2 Å². The summed E-state index contributed by atoms with van der Waals surface area (Å²) in [4.78, 5) is 11.8. The van der Waals surface area contributed by atoms with Crippen LogP contribution in [0.15, 0.2) is 53.0 Å². The Morgan fingerprint density at radius 2 is 1.86 bits per heavy atom. The fourth-order valence-electron chi connectivity index (χ4n) is 1.69. The van der Waals surface area contributed by atoms with Crippen molar-refractivity contribution >= 4 is 56.5 Å². The molecule has 0 atom stereocenters. The van der Waals surface area contributed by atoms with Gasteiger partial charge in [0.25, 0.3) is 0 Å². The number of rotatable bonds is 3. The number of carbonyl (C=O) groups is 1. The molecule has 2 aromatic carbocycles. The van der Waals surface area contributed by atoms with E-state index in [-0.39, 0.29) is 17.4 Å². The second-order valence-corrected chi connectivity index (χ2v) is 6.20. The first-order valence-electron chi connectivity index (χ1n) is 6.39. The van der Waals surface area contributed by atoms with Gasteiger partial charge in [-0.2, -0.15) is 0 Å². The fraction of sp³-hybridized carbons (Fsp3) is 0.0667. The summed E-state index contributed by atoms with van der Waals surface area (Å²) in [6.07, 6.45) is 0.264. The van der Waals surface area contributed by atoms with Crippen LogP contribution in [0.3, 0.4) is 0 Å². The number of hydrazine groups is 1. The van der Waals surface area contributed by atoms with E-state index in [1.54, 1.807) is 18.2 Å². The van der Waals surface area contributed by atoms with Gasteiger partial charge >= 0.3 is 0 Å². The van der Waals surface area contributed by atoms with Crippen molar-refractivity contribution in [1.29, 1.82) is 0 Å². The smallest absolute Gasteiger partial charge is 0.242 e. The second-order valence-electron chi connectivity index (χ2n) is 4.44. The summed E-state index contributed by atoms with van der Waals surface area (Å²) in [6, 6.07) is 14.7. The summed E-state index contributed by atoms with van der Waals surface area (Å²) in [5.74, 6) is -0.183. The van der Waals surface area contributed by atoms with Crippen molar-refractivity contribution in [2.45, 2.75) is 6.42 Å². The normalized spacial score (nSPS) is 9.91. The zero-order valence-electron chi connectivity index (χ0n) is 11.4. The van der Waals surface area contributed by atoms with E-state index in [9.17, 15) is 4.79 Å². The molecule has 0 fully saturated rings. The van der Waals surface area contributed by atoms with E-state index in [0.717, 1.165) is 15.7 Å². The second kappa shape index (κ2) is 8.12. The van der Waals surface area contributed by atoms with Crippen LogP contribution in [0.4, 0.5) is 5.69 Å². The van der Waals surface area contributed by atoms with Crippen LogP contribution in [-0.2, 0) is 11.2 Å². The Hall–Kier alpha value is -1.63. The maximum absolute atomic E-state index is 11.8. The number of carbonyl (C=O) groups excluding carboxylic acids is 1. The number of nitrogens with one attached hydrogen (secondary N) is 3. The molecule has 0 heterocycles. The lowest BCUT2D eigenvalue weighted by Gasteiger charge is -2.11. The Morgan fingerprint density at radius 1 is 1.14 bits per heavy atom. The molecule has 0 aliphatic heterocycles. The van der Waals surface area contributed by atoms with E-state index in [1.807, 2.05) is 30.3 Å². The zero-order valence-corrected chi connectivity index (χ0v) is 14.6. The van der Waals surface area contributed by atoms with E-state index >= 15 is 0 Å². The highest BCUT2D eigenvalue weighted by Gasteiger charge is 2.04. The fourth-order valence-corrected chi connectivity index (χ4v) is 2.31. The minimum absolute atomic E-state index is 0.183. The topological polar surface area (TPSA) is 53.2 Å². The highest BCUT2D eigenvalue weighted by Crippen LogP contribution is 2.14. The molecule has 4 nitrogen and oxygen atoms in total. The van der Waals surface area contributed by atoms with Crippen LogP contribution in [0, 0.1) is 0 Å². The molecule has 0 unspecified atom stereocenters. The van der Waals surface area contributed by atoms with Gasteiger partial charge in [0.05, 0.1) is 6.42 Å². The van der Waals surface area contributed by atoms with Gasteiger partial charge in [-0.15, -0.1) is 0 Å². The maximum atomic E-state index is 11.8. The summed E-state index contributed by atoms with van der Waals surface area (Å²) in [5.41, 5.74) is 6.85. The highest BCUT2D eigenvalue weighted by atomic mass is 79.9. The first kappa shape index (κ1) is 16.7. The van der Waals surface area contributed by atoms with Gasteiger partial charge in [-0.05, 0) is 48.1 Å². The van der Waals surface area contributed by atoms with Crippen molar-refractivity contribution in [1.82, 2.24) is 10.9 Å². The lowest BCUT2D eigenvalue weighted by Crippen LogP contribution is -2.44. The minimum atomic E-state index is -0.183. The van der Waals surface area contributed by atoms with Gasteiger partial charge in [-0.3, -0.25) is 15.6 Å². The number of benzene rings is 2. The molecule has 0 saturated heterocycles. The highest BCUT2D eigenvalue weighted by molar-refractivity contribution is 9.10. The molecular weight excluding hydrogens is 386 g/mol. The zero-order chi connectivity index (χ0) is 15.9. The van der Waals surface area contributed by atoms with E-state index in [1.165, 1.54) is 0 Å². The number of halogens is 2. The lowest BCUT2D eigenvalue weighted by molar-refractivity contribution is -0.120. The van der Waals surface area contributed by atoms with Crippen molar-refractivity contribution in [3.05, 3.63) is 63.6 Å². The van der Waals surface area contributed by atoms with Gasteiger partial charge < -0.3 is 5.32 Å². The number of hydrogen-bond acceptors (Lipinski definition) is 2. The average molecular weight is 399 g/mol. The molecular formula is C15H13BrClN3OS. The Balaban J connectivity index is 1.78. The molecule has 0 spiro atoms. The van der Waals surface area contributed by atoms with Gasteiger partial charge in [0.15, 0.2) is 5.11 Å². The molecule has 2 aromatic rings. The van der Waals surface area contributed by atoms with Crippen LogP contribution >= 0.6 is 39.7 Å². The van der Waals surface area contributed by atoms with Crippen molar-refractivity contribution in [3.8, 4) is 0 Å². The largest absolute Gasteiger partial charge is 0.331 e. The summed E-state index contributed by atoms with van der Waals surface area (Å²) < 4.78 is 0.974. The summed E-state index contributed by atoms with van der Waals surface area (Å²) >= 11 is 14.3. The number of anilines is 1. The van der Waals surface area contributed by atoms with E-state index in [2.05, 4.69) is 32.1 Å². The van der Waals surface area contributed by atoms with Crippen molar-refractivity contribution in [3.63, 3.8) is 0 Å². The summed E-state index contributed by atoms with van der Waals surface area (Å²) in [7, 11) is 0. The molecule has 0 radical (unpaired) electrons. The van der Waals surface area contributed by atoms with Crippen molar-refractivity contribution in [2.24, 2.45) is 0 Å². The first-order valence-corrected chi connectivity index (χ1v) is 7.97. The van der Waals surface area contributed by atoms with Gasteiger partial charge in [0.1, 0.15) is 0 Å². The maximum Gasteiger partial charge on any atom is 0.242 e. The van der Waals surface area contributed by atoms with Gasteiger partial charge in [0.2, 0.25) is 5.91 Å². The van der Waals surface area contributed by atoms with Crippen molar-refractivity contribution in [2.75, 3.05) is 5.32 Å². The lowest BCUT2D eigenvalue weighted by atomic mass is 10.1. The van der Waals surface area contributed by atoms with Crippen LogP contribution in [0.1, 0.15) is 5.56 Å². The predicted molar refractivity (Wildman–Crippen MR) is 96.8 cm³/mol. The molecule has 0 bridgehead atoms. The molecule has 0 aromatic heterocycles. The number of amides is 1. The van der Waals surface area contributed by atoms with Gasteiger partial charge in [-0.25, -0.2) is 0 Å². The monoisotopic (exact) mass is 397 g/mol. The average Bonchev–Trinajstić information content (AvgIpc) is 2.48. The Bertz CT molecular complexity index is 679. The first-order chi connectivity index (χ1) is 10.5. The molecule has 0 aliphatic rings. The van der Waals surface area contributed by atoms with Crippen LogP contribution in [0.25, 0.3) is 0 Å². The Labute approximate surface area is 147 Å². The summed E-state index contributed by atoms with van der Waals surface area (Å²) in [5, 5.41) is 3.81. The SMILES string of the molecule is O=C(Cc1ccc(Br)cc1)NNC(=S)Nc1cccc(Cl)c1. The molecule has 22 heavy (non-hydrogen) atoms. The third-order valence-electron chi connectivity index (χ3n) is 2.68. The van der Waals surface area contributed by atoms with E-state index < -0.39 is 0 Å². The quantitative estimate of drug-likeness (QED) is 0.545. The standard InChI is InChI=1S/C15H13BrClN3OS/c16-11-6-4-10(5-7-11)8-14(21)19-20-15(22)18-13-3-1-2-12(17)9-13/h1-7,9H,8H2,(H,19,21)(H2,18,20,22). The number of hydrogen-bond donors (Lipinski definition) is 3.